The molecule has 1 saturated carbocycles. The highest BCUT2D eigenvalue weighted by Crippen LogP contribution is 2.37. The molecule has 1 unspecified atom stereocenters. The summed E-state index contributed by atoms with van der Waals surface area (Å²) in [6.45, 7) is 4.23. The first-order valence-corrected chi connectivity index (χ1v) is 8.03. The largest absolute Gasteiger partial charge is 0.242 e. The van der Waals surface area contributed by atoms with Gasteiger partial charge in [-0.05, 0) is 42.9 Å². The molecule has 0 saturated heterocycles. The van der Waals surface area contributed by atoms with E-state index in [2.05, 4.69) is 18.6 Å². The third-order valence-electron chi connectivity index (χ3n) is 3.47. The Hall–Kier alpha value is -0.650. The minimum Gasteiger partial charge on any atom is -0.208 e. The van der Waals surface area contributed by atoms with Crippen LogP contribution in [0.1, 0.15) is 33.1 Å². The van der Waals surface area contributed by atoms with Crippen molar-refractivity contribution in [2.75, 3.05) is 0 Å². The monoisotopic (exact) mass is 305 g/mol. The zero-order chi connectivity index (χ0) is 14.3. The third kappa shape index (κ3) is 3.46. The van der Waals surface area contributed by atoms with Crippen molar-refractivity contribution >= 4 is 21.6 Å². The van der Waals surface area contributed by atoms with Crippen molar-refractivity contribution in [3.05, 3.63) is 29.0 Å². The van der Waals surface area contributed by atoms with E-state index in [4.69, 9.17) is 11.6 Å². The molecular weight excluding hydrogens is 289 g/mol. The molecule has 19 heavy (non-hydrogen) atoms. The Morgan fingerprint density at radius 2 is 2.11 bits per heavy atom. The van der Waals surface area contributed by atoms with Crippen molar-refractivity contribution in [1.82, 2.24) is 4.72 Å². The first kappa shape index (κ1) is 14.8. The SMILES string of the molecule is CC1(C)CCC(NS(=O)(=O)c2ccc(F)cc2Cl)C1. The molecule has 1 aromatic carbocycles. The lowest BCUT2D eigenvalue weighted by Crippen LogP contribution is -2.33. The Bertz CT molecular complexity index is 586. The van der Waals surface area contributed by atoms with E-state index in [9.17, 15) is 12.8 Å². The minimum absolute atomic E-state index is 0.0692. The van der Waals surface area contributed by atoms with Crippen LogP contribution in [0.3, 0.4) is 0 Å². The predicted molar refractivity (Wildman–Crippen MR) is 73.2 cm³/mol. The third-order valence-corrected chi connectivity index (χ3v) is 5.48. The zero-order valence-corrected chi connectivity index (χ0v) is 12.5. The van der Waals surface area contributed by atoms with Gasteiger partial charge in [-0.1, -0.05) is 25.4 Å². The second-order valence-corrected chi connectivity index (χ2v) is 7.89. The molecule has 2 rings (SSSR count). The van der Waals surface area contributed by atoms with Crippen LogP contribution in [0.4, 0.5) is 4.39 Å². The van der Waals surface area contributed by atoms with Crippen molar-refractivity contribution < 1.29 is 12.8 Å². The fraction of sp³-hybridized carbons (Fsp3) is 0.538. The number of sulfonamides is 1. The zero-order valence-electron chi connectivity index (χ0n) is 10.9. The summed E-state index contributed by atoms with van der Waals surface area (Å²) in [6.07, 6.45) is 2.59. The van der Waals surface area contributed by atoms with Gasteiger partial charge in [0.2, 0.25) is 10.0 Å². The van der Waals surface area contributed by atoms with Crippen LogP contribution in [0.25, 0.3) is 0 Å². The number of hydrogen-bond donors (Lipinski definition) is 1. The van der Waals surface area contributed by atoms with Crippen LogP contribution in [0.2, 0.25) is 5.02 Å². The van der Waals surface area contributed by atoms with E-state index in [-0.39, 0.29) is 21.4 Å². The summed E-state index contributed by atoms with van der Waals surface area (Å²) in [5.74, 6) is -0.550. The molecule has 0 spiro atoms. The summed E-state index contributed by atoms with van der Waals surface area (Å²) in [7, 11) is -3.69. The van der Waals surface area contributed by atoms with E-state index in [1.165, 1.54) is 6.07 Å². The Labute approximate surface area is 118 Å². The normalized spacial score (nSPS) is 22.6. The molecular formula is C13H17ClFNO2S. The predicted octanol–water partition coefficient (Wildman–Crippen LogP) is 3.34. The highest BCUT2D eigenvalue weighted by molar-refractivity contribution is 7.89. The van der Waals surface area contributed by atoms with Crippen LogP contribution in [0.15, 0.2) is 23.1 Å². The molecule has 3 nitrogen and oxygen atoms in total. The fourth-order valence-electron chi connectivity index (χ4n) is 2.51. The number of nitrogens with one attached hydrogen (secondary N) is 1. The Morgan fingerprint density at radius 1 is 1.42 bits per heavy atom. The maximum atomic E-state index is 12.9. The van der Waals surface area contributed by atoms with Gasteiger partial charge in [-0.25, -0.2) is 17.5 Å². The molecule has 1 fully saturated rings. The van der Waals surface area contributed by atoms with Crippen LogP contribution in [0.5, 0.6) is 0 Å². The Morgan fingerprint density at radius 3 is 2.63 bits per heavy atom. The van der Waals surface area contributed by atoms with Crippen LogP contribution in [-0.2, 0) is 10.0 Å². The lowest BCUT2D eigenvalue weighted by atomic mass is 9.92. The highest BCUT2D eigenvalue weighted by atomic mass is 35.5. The lowest BCUT2D eigenvalue weighted by molar-refractivity contribution is 0.372. The smallest absolute Gasteiger partial charge is 0.208 e. The van der Waals surface area contributed by atoms with Crippen molar-refractivity contribution in [2.24, 2.45) is 5.41 Å². The molecule has 6 heteroatoms. The van der Waals surface area contributed by atoms with Gasteiger partial charge in [0.05, 0.1) is 5.02 Å². The fourth-order valence-corrected chi connectivity index (χ4v) is 4.31. The van der Waals surface area contributed by atoms with Gasteiger partial charge < -0.3 is 0 Å². The molecule has 0 amide bonds. The summed E-state index contributed by atoms with van der Waals surface area (Å²) in [5, 5.41) is -0.0928. The van der Waals surface area contributed by atoms with Crippen molar-refractivity contribution in [3.63, 3.8) is 0 Å². The van der Waals surface area contributed by atoms with E-state index < -0.39 is 15.8 Å². The molecule has 0 aromatic heterocycles. The standard InChI is InChI=1S/C13H17ClFNO2S/c1-13(2)6-5-10(8-13)16-19(17,18)12-4-3-9(15)7-11(12)14/h3-4,7,10,16H,5-6,8H2,1-2H3. The van der Waals surface area contributed by atoms with Crippen molar-refractivity contribution in [2.45, 2.75) is 44.0 Å². The number of benzene rings is 1. The second-order valence-electron chi connectivity index (χ2n) is 5.80. The van der Waals surface area contributed by atoms with E-state index in [0.29, 0.717) is 0 Å². The summed E-state index contributed by atoms with van der Waals surface area (Å²) in [5.41, 5.74) is 0.153. The van der Waals surface area contributed by atoms with Gasteiger partial charge in [0.25, 0.3) is 0 Å². The molecule has 1 aliphatic rings. The average Bonchev–Trinajstić information content (AvgIpc) is 2.56. The number of rotatable bonds is 3. The van der Waals surface area contributed by atoms with Crippen molar-refractivity contribution in [1.29, 1.82) is 0 Å². The van der Waals surface area contributed by atoms with Gasteiger partial charge in [-0.2, -0.15) is 0 Å². The van der Waals surface area contributed by atoms with Gasteiger partial charge in [-0.3, -0.25) is 0 Å². The minimum atomic E-state index is -3.69. The van der Waals surface area contributed by atoms with E-state index in [1.54, 1.807) is 0 Å². The molecule has 0 heterocycles. The molecule has 0 aliphatic heterocycles. The molecule has 1 atom stereocenters. The quantitative estimate of drug-likeness (QED) is 0.931. The summed E-state index contributed by atoms with van der Waals surface area (Å²) >= 11 is 5.80. The Kier molecular flexibility index (Phi) is 3.91. The first-order chi connectivity index (χ1) is 8.70. The first-order valence-electron chi connectivity index (χ1n) is 6.17. The second kappa shape index (κ2) is 5.04. The van der Waals surface area contributed by atoms with Gasteiger partial charge in [0, 0.05) is 6.04 Å². The van der Waals surface area contributed by atoms with Crippen LogP contribution < -0.4 is 4.72 Å². The van der Waals surface area contributed by atoms with Crippen LogP contribution >= 0.6 is 11.6 Å². The van der Waals surface area contributed by atoms with Gasteiger partial charge >= 0.3 is 0 Å². The molecule has 0 bridgehead atoms. The average molecular weight is 306 g/mol. The van der Waals surface area contributed by atoms with Crippen molar-refractivity contribution in [3.8, 4) is 0 Å². The van der Waals surface area contributed by atoms with Crippen LogP contribution in [-0.4, -0.2) is 14.5 Å². The molecule has 106 valence electrons. The van der Waals surface area contributed by atoms with E-state index in [1.807, 2.05) is 0 Å². The topological polar surface area (TPSA) is 46.2 Å². The van der Waals surface area contributed by atoms with E-state index >= 15 is 0 Å². The van der Waals surface area contributed by atoms with Gasteiger partial charge in [-0.15, -0.1) is 0 Å². The van der Waals surface area contributed by atoms with Crippen LogP contribution in [0, 0.1) is 11.2 Å². The highest BCUT2D eigenvalue weighted by Gasteiger charge is 2.33. The number of halogens is 2. The molecule has 1 N–H and O–H groups in total. The molecule has 0 radical (unpaired) electrons. The van der Waals surface area contributed by atoms with E-state index in [0.717, 1.165) is 31.4 Å². The maximum Gasteiger partial charge on any atom is 0.242 e. The summed E-state index contributed by atoms with van der Waals surface area (Å²) in [4.78, 5) is -0.0692. The lowest BCUT2D eigenvalue weighted by Gasteiger charge is -2.18. The summed E-state index contributed by atoms with van der Waals surface area (Å²) in [6, 6.07) is 3.22. The summed E-state index contributed by atoms with van der Waals surface area (Å²) < 4.78 is 40.0. The Balaban J connectivity index is 2.19. The maximum absolute atomic E-state index is 12.9. The molecule has 1 aliphatic carbocycles. The van der Waals surface area contributed by atoms with Gasteiger partial charge in [0.15, 0.2) is 0 Å². The molecule has 1 aromatic rings. The van der Waals surface area contributed by atoms with Gasteiger partial charge in [0.1, 0.15) is 10.7 Å². The number of hydrogen-bond acceptors (Lipinski definition) is 2.